The van der Waals surface area contributed by atoms with E-state index in [0.717, 1.165) is 23.5 Å². The molecule has 2 aromatic heterocycles. The summed E-state index contributed by atoms with van der Waals surface area (Å²) in [5.74, 6) is -0.546. The van der Waals surface area contributed by atoms with Crippen molar-refractivity contribution in [1.82, 2.24) is 20.0 Å². The molecule has 1 N–H and O–H groups in total. The predicted molar refractivity (Wildman–Crippen MR) is 119 cm³/mol. The van der Waals surface area contributed by atoms with Gasteiger partial charge in [0.2, 0.25) is 5.13 Å². The maximum Gasteiger partial charge on any atom is 0.416 e. The molecule has 0 unspecified atom stereocenters. The van der Waals surface area contributed by atoms with Gasteiger partial charge < -0.3 is 4.74 Å². The fourth-order valence-corrected chi connectivity index (χ4v) is 4.54. The lowest BCUT2D eigenvalue weighted by Gasteiger charge is -2.07. The number of hydrogen-bond donors (Lipinski definition) is 1. The van der Waals surface area contributed by atoms with E-state index in [0.29, 0.717) is 15.6 Å². The second-order valence-corrected chi connectivity index (χ2v) is 8.98. The lowest BCUT2D eigenvalue weighted by Crippen LogP contribution is -2.14. The van der Waals surface area contributed by atoms with E-state index in [1.54, 1.807) is 6.07 Å². The number of rotatable bonds is 7. The van der Waals surface area contributed by atoms with Crippen LogP contribution in [0.1, 0.15) is 21.6 Å². The number of benzene rings is 2. The highest BCUT2D eigenvalue weighted by atomic mass is 32.2. The van der Waals surface area contributed by atoms with Crippen LogP contribution in [-0.4, -0.2) is 33.0 Å². The quantitative estimate of drug-likeness (QED) is 0.203. The van der Waals surface area contributed by atoms with E-state index in [9.17, 15) is 22.4 Å². The molecule has 4 rings (SSSR count). The molecule has 0 aliphatic rings. The Balaban J connectivity index is 1.42. The highest BCUT2D eigenvalue weighted by Gasteiger charge is 2.30. The lowest BCUT2D eigenvalue weighted by molar-refractivity contribution is -0.137. The standard InChI is InChI=1S/C21H15F4N5O2S2/c1-32-16-10-30(15-7-5-14(22)6-8-15)29-17(16)18(31)26-19-27-28-20(34-19)33-11-12-3-2-4-13(9-12)21(23,24)25/h2-10H,11H2,1H3,(H,26,27,31). The lowest BCUT2D eigenvalue weighted by atomic mass is 10.1. The summed E-state index contributed by atoms with van der Waals surface area (Å²) in [4.78, 5) is 12.7. The summed E-state index contributed by atoms with van der Waals surface area (Å²) in [5, 5.41) is 14.8. The van der Waals surface area contributed by atoms with Crippen LogP contribution in [-0.2, 0) is 11.9 Å². The number of nitrogens with one attached hydrogen (secondary N) is 1. The molecule has 0 radical (unpaired) electrons. The molecule has 7 nitrogen and oxygen atoms in total. The topological polar surface area (TPSA) is 81.9 Å². The van der Waals surface area contributed by atoms with Crippen molar-refractivity contribution < 1.29 is 27.1 Å². The first kappa shape index (κ1) is 23.7. The number of amides is 1. The van der Waals surface area contributed by atoms with Gasteiger partial charge in [-0.25, -0.2) is 9.07 Å². The van der Waals surface area contributed by atoms with Crippen molar-refractivity contribution in [3.63, 3.8) is 0 Å². The predicted octanol–water partition coefficient (Wildman–Crippen LogP) is 5.43. The number of ether oxygens (including phenoxy) is 1. The van der Waals surface area contributed by atoms with Crippen LogP contribution < -0.4 is 10.1 Å². The van der Waals surface area contributed by atoms with Crippen LogP contribution in [0.5, 0.6) is 5.75 Å². The molecule has 0 aliphatic carbocycles. The third-order valence-corrected chi connectivity index (χ3v) is 6.49. The van der Waals surface area contributed by atoms with Crippen LogP contribution in [0.2, 0.25) is 0 Å². The molecule has 0 saturated carbocycles. The third-order valence-electron chi connectivity index (χ3n) is 4.45. The van der Waals surface area contributed by atoms with Gasteiger partial charge in [0, 0.05) is 5.75 Å². The fraction of sp³-hybridized carbons (Fsp3) is 0.143. The molecule has 2 aromatic carbocycles. The smallest absolute Gasteiger partial charge is 0.416 e. The third kappa shape index (κ3) is 5.54. The second kappa shape index (κ2) is 9.81. The summed E-state index contributed by atoms with van der Waals surface area (Å²) in [6.45, 7) is 0. The largest absolute Gasteiger partial charge is 0.493 e. The Morgan fingerprint density at radius 2 is 1.94 bits per heavy atom. The van der Waals surface area contributed by atoms with Gasteiger partial charge in [-0.1, -0.05) is 41.3 Å². The Morgan fingerprint density at radius 3 is 2.65 bits per heavy atom. The monoisotopic (exact) mass is 509 g/mol. The highest BCUT2D eigenvalue weighted by Crippen LogP contribution is 2.33. The van der Waals surface area contributed by atoms with E-state index >= 15 is 0 Å². The van der Waals surface area contributed by atoms with Crippen LogP contribution in [0.4, 0.5) is 22.7 Å². The highest BCUT2D eigenvalue weighted by molar-refractivity contribution is 8.00. The van der Waals surface area contributed by atoms with Crippen molar-refractivity contribution in [2.75, 3.05) is 12.4 Å². The number of thioether (sulfide) groups is 1. The van der Waals surface area contributed by atoms with Crippen LogP contribution in [0.3, 0.4) is 0 Å². The summed E-state index contributed by atoms with van der Waals surface area (Å²) in [5.41, 5.74) is 0.282. The van der Waals surface area contributed by atoms with E-state index in [2.05, 4.69) is 20.6 Å². The summed E-state index contributed by atoms with van der Waals surface area (Å²) in [6.07, 6.45) is -2.93. The molecular weight excluding hydrogens is 494 g/mol. The average Bonchev–Trinajstić information content (AvgIpc) is 3.45. The molecule has 0 bridgehead atoms. The number of carbonyl (C=O) groups excluding carboxylic acids is 1. The van der Waals surface area contributed by atoms with E-state index in [4.69, 9.17) is 4.74 Å². The number of halogens is 4. The summed E-state index contributed by atoms with van der Waals surface area (Å²) in [7, 11) is 1.39. The van der Waals surface area contributed by atoms with Crippen LogP contribution >= 0.6 is 23.1 Å². The van der Waals surface area contributed by atoms with Crippen molar-refractivity contribution in [1.29, 1.82) is 0 Å². The number of hydrogen-bond acceptors (Lipinski definition) is 7. The Labute approximate surface area is 198 Å². The van der Waals surface area contributed by atoms with Gasteiger partial charge in [0.05, 0.1) is 24.6 Å². The zero-order valence-electron chi connectivity index (χ0n) is 17.3. The number of alkyl halides is 3. The average molecular weight is 510 g/mol. The zero-order valence-corrected chi connectivity index (χ0v) is 19.0. The van der Waals surface area contributed by atoms with Crippen molar-refractivity contribution in [2.24, 2.45) is 0 Å². The zero-order chi connectivity index (χ0) is 24.3. The summed E-state index contributed by atoms with van der Waals surface area (Å²) in [6, 6.07) is 10.6. The second-order valence-electron chi connectivity index (χ2n) is 6.78. The van der Waals surface area contributed by atoms with Crippen molar-refractivity contribution in [3.8, 4) is 11.4 Å². The molecule has 2 heterocycles. The first-order chi connectivity index (χ1) is 16.2. The molecule has 176 valence electrons. The first-order valence-corrected chi connectivity index (χ1v) is 11.4. The van der Waals surface area contributed by atoms with Gasteiger partial charge in [0.1, 0.15) is 5.82 Å². The Hall–Kier alpha value is -3.45. The first-order valence-electron chi connectivity index (χ1n) is 9.56. The molecule has 0 saturated heterocycles. The number of methoxy groups -OCH3 is 1. The number of anilines is 1. The van der Waals surface area contributed by atoms with Gasteiger partial charge in [0.25, 0.3) is 5.91 Å². The van der Waals surface area contributed by atoms with E-state index in [1.807, 2.05) is 0 Å². The van der Waals surface area contributed by atoms with Gasteiger partial charge in [0.15, 0.2) is 15.8 Å². The molecular formula is C21H15F4N5O2S2. The molecule has 0 aliphatic heterocycles. The van der Waals surface area contributed by atoms with Crippen molar-refractivity contribution in [2.45, 2.75) is 16.3 Å². The SMILES string of the molecule is COc1cn(-c2ccc(F)cc2)nc1C(=O)Nc1nnc(SCc2cccc(C(F)(F)F)c2)s1. The molecule has 1 amide bonds. The minimum absolute atomic E-state index is 0.0137. The minimum atomic E-state index is -4.41. The van der Waals surface area contributed by atoms with Gasteiger partial charge in [-0.2, -0.15) is 18.3 Å². The Bertz CT molecular complexity index is 1310. The molecule has 0 spiro atoms. The maximum absolute atomic E-state index is 13.2. The van der Waals surface area contributed by atoms with Gasteiger partial charge in [-0.3, -0.25) is 10.1 Å². The number of nitrogens with zero attached hydrogens (tertiary/aromatic N) is 4. The Kier molecular flexibility index (Phi) is 6.84. The van der Waals surface area contributed by atoms with Crippen LogP contribution in [0.25, 0.3) is 5.69 Å². The number of carbonyl (C=O) groups is 1. The molecule has 0 fully saturated rings. The molecule has 13 heteroatoms. The van der Waals surface area contributed by atoms with Gasteiger partial charge in [-0.05, 0) is 35.9 Å². The maximum atomic E-state index is 13.2. The van der Waals surface area contributed by atoms with E-state index < -0.39 is 23.5 Å². The molecule has 34 heavy (non-hydrogen) atoms. The van der Waals surface area contributed by atoms with Crippen molar-refractivity contribution >= 4 is 34.1 Å². The van der Waals surface area contributed by atoms with Crippen molar-refractivity contribution in [3.05, 3.63) is 77.4 Å². The van der Waals surface area contributed by atoms with Crippen LogP contribution in [0, 0.1) is 5.82 Å². The van der Waals surface area contributed by atoms with E-state index in [-0.39, 0.29) is 22.3 Å². The van der Waals surface area contributed by atoms with E-state index in [1.165, 1.54) is 60.1 Å². The van der Waals surface area contributed by atoms with Gasteiger partial charge >= 0.3 is 6.18 Å². The van der Waals surface area contributed by atoms with Crippen LogP contribution in [0.15, 0.2) is 59.1 Å². The molecule has 4 aromatic rings. The minimum Gasteiger partial charge on any atom is -0.493 e. The summed E-state index contributed by atoms with van der Waals surface area (Å²) >= 11 is 2.27. The molecule has 0 atom stereocenters. The summed E-state index contributed by atoms with van der Waals surface area (Å²) < 4.78 is 58.8. The normalized spacial score (nSPS) is 11.4. The fourth-order valence-electron chi connectivity index (χ4n) is 2.85. The number of aromatic nitrogens is 4. The Morgan fingerprint density at radius 1 is 1.18 bits per heavy atom. The van der Waals surface area contributed by atoms with Gasteiger partial charge in [-0.15, -0.1) is 10.2 Å².